The lowest BCUT2D eigenvalue weighted by atomic mass is 10.0. The average molecular weight is 147 g/mol. The second kappa shape index (κ2) is 4.24. The third kappa shape index (κ3) is 4.87. The van der Waals surface area contributed by atoms with E-state index in [1.54, 1.807) is 0 Å². The molecule has 56 valence electrons. The summed E-state index contributed by atoms with van der Waals surface area (Å²) in [7, 11) is 2.74. The molecule has 2 heteroatoms. The van der Waals surface area contributed by atoms with Gasteiger partial charge in [-0.25, -0.2) is 0 Å². The molecule has 0 aromatic rings. The lowest BCUT2D eigenvalue weighted by Gasteiger charge is -2.16. The minimum Gasteiger partial charge on any atom is -0.327 e. The van der Waals surface area contributed by atoms with Gasteiger partial charge >= 0.3 is 0 Å². The predicted octanol–water partition coefficient (Wildman–Crippen LogP) is 1.62. The number of nitrogens with two attached hydrogens (primary N) is 1. The van der Waals surface area contributed by atoms with Gasteiger partial charge in [0, 0.05) is 6.04 Å². The summed E-state index contributed by atoms with van der Waals surface area (Å²) in [4.78, 5) is 0. The molecular weight excluding hydrogens is 129 g/mol. The average Bonchev–Trinajstić information content (AvgIpc) is 1.63. The maximum absolute atomic E-state index is 5.80. The Morgan fingerprint density at radius 3 is 1.89 bits per heavy atom. The zero-order valence-corrected chi connectivity index (χ0v) is 7.75. The van der Waals surface area contributed by atoms with Gasteiger partial charge in [0.1, 0.15) is 0 Å². The molecule has 0 aliphatic carbocycles. The van der Waals surface area contributed by atoms with E-state index in [4.69, 9.17) is 5.73 Å². The Morgan fingerprint density at radius 1 is 1.33 bits per heavy atom. The highest BCUT2D eigenvalue weighted by Crippen LogP contribution is 2.11. The second-order valence-corrected chi connectivity index (χ2v) is 4.20. The van der Waals surface area contributed by atoms with Gasteiger partial charge in [-0.15, -0.1) is 9.24 Å². The number of hydrogen-bond acceptors (Lipinski definition) is 1. The Kier molecular flexibility index (Phi) is 4.43. The largest absolute Gasteiger partial charge is 0.327 e. The molecule has 2 unspecified atom stereocenters. The standard InChI is InChI=1S/C7H18NP/c1-5(2)4-7(8)6(3)9/h5-7H,4,8-9H2,1-3H3/t6-,7?/m0/s1. The molecule has 9 heavy (non-hydrogen) atoms. The molecule has 0 rings (SSSR count). The van der Waals surface area contributed by atoms with Crippen molar-refractivity contribution in [1.82, 2.24) is 0 Å². The maximum Gasteiger partial charge on any atom is 0.0102 e. The topological polar surface area (TPSA) is 26.0 Å². The normalized spacial score (nSPS) is 18.0. The molecule has 0 radical (unpaired) electrons. The zero-order chi connectivity index (χ0) is 7.44. The van der Waals surface area contributed by atoms with E-state index in [1.807, 2.05) is 0 Å². The molecule has 0 aromatic heterocycles. The van der Waals surface area contributed by atoms with Crippen LogP contribution in [0.1, 0.15) is 27.2 Å². The molecule has 0 saturated heterocycles. The van der Waals surface area contributed by atoms with Gasteiger partial charge in [0.05, 0.1) is 0 Å². The van der Waals surface area contributed by atoms with Crippen molar-refractivity contribution in [2.75, 3.05) is 0 Å². The molecule has 1 nitrogen and oxygen atoms in total. The van der Waals surface area contributed by atoms with Crippen molar-refractivity contribution in [2.24, 2.45) is 11.7 Å². The van der Waals surface area contributed by atoms with E-state index >= 15 is 0 Å². The smallest absolute Gasteiger partial charge is 0.0102 e. The summed E-state index contributed by atoms with van der Waals surface area (Å²) >= 11 is 0. The molecule has 0 amide bonds. The molecule has 0 bridgehead atoms. The van der Waals surface area contributed by atoms with Crippen molar-refractivity contribution >= 4 is 9.24 Å². The minimum atomic E-state index is 0.356. The molecule has 2 N–H and O–H groups in total. The highest BCUT2D eigenvalue weighted by molar-refractivity contribution is 7.17. The van der Waals surface area contributed by atoms with Gasteiger partial charge in [-0.3, -0.25) is 0 Å². The maximum atomic E-state index is 5.80. The Bertz CT molecular complexity index is 71.3. The summed E-state index contributed by atoms with van der Waals surface area (Å²) in [5.41, 5.74) is 6.35. The summed E-state index contributed by atoms with van der Waals surface area (Å²) in [6, 6.07) is 0.356. The second-order valence-electron chi connectivity index (χ2n) is 3.15. The number of rotatable bonds is 3. The highest BCUT2D eigenvalue weighted by Gasteiger charge is 2.08. The molecule has 3 atom stereocenters. The molecule has 0 aromatic carbocycles. The van der Waals surface area contributed by atoms with Crippen LogP contribution in [0.5, 0.6) is 0 Å². The fraction of sp³-hybridized carbons (Fsp3) is 1.00. The van der Waals surface area contributed by atoms with Gasteiger partial charge in [-0.05, 0) is 18.0 Å². The zero-order valence-electron chi connectivity index (χ0n) is 6.59. The Hall–Kier alpha value is 0.390. The fourth-order valence-electron chi connectivity index (χ4n) is 0.759. The predicted molar refractivity (Wildman–Crippen MR) is 46.6 cm³/mol. The summed E-state index contributed by atoms with van der Waals surface area (Å²) in [5, 5.41) is 0. The molecule has 0 saturated carbocycles. The van der Waals surface area contributed by atoms with Crippen molar-refractivity contribution in [2.45, 2.75) is 38.9 Å². The van der Waals surface area contributed by atoms with Crippen molar-refractivity contribution in [1.29, 1.82) is 0 Å². The van der Waals surface area contributed by atoms with Crippen LogP contribution in [0.2, 0.25) is 0 Å². The monoisotopic (exact) mass is 147 g/mol. The van der Waals surface area contributed by atoms with Crippen molar-refractivity contribution < 1.29 is 0 Å². The summed E-state index contributed by atoms with van der Waals surface area (Å²) in [6.07, 6.45) is 1.13. The first-order chi connectivity index (χ1) is 4.04. The first kappa shape index (κ1) is 9.39. The van der Waals surface area contributed by atoms with E-state index in [9.17, 15) is 0 Å². The lowest BCUT2D eigenvalue weighted by molar-refractivity contribution is 0.492. The van der Waals surface area contributed by atoms with E-state index in [0.29, 0.717) is 11.7 Å². The molecule has 0 aliphatic heterocycles. The van der Waals surface area contributed by atoms with E-state index in [-0.39, 0.29) is 0 Å². The first-order valence-corrected chi connectivity index (χ1v) is 4.22. The Labute approximate surface area is 60.6 Å². The fourth-order valence-corrected chi connectivity index (χ4v) is 0.916. The molecular formula is C7H18NP. The van der Waals surface area contributed by atoms with Crippen LogP contribution in [-0.2, 0) is 0 Å². The Morgan fingerprint density at radius 2 is 1.78 bits per heavy atom. The summed E-state index contributed by atoms with van der Waals surface area (Å²) < 4.78 is 0. The van der Waals surface area contributed by atoms with Crippen molar-refractivity contribution in [3.8, 4) is 0 Å². The quantitative estimate of drug-likeness (QED) is 0.603. The van der Waals surface area contributed by atoms with E-state index < -0.39 is 0 Å². The van der Waals surface area contributed by atoms with Crippen LogP contribution in [-0.4, -0.2) is 11.7 Å². The third-order valence-corrected chi connectivity index (χ3v) is 1.91. The van der Waals surface area contributed by atoms with Crippen molar-refractivity contribution in [3.63, 3.8) is 0 Å². The van der Waals surface area contributed by atoms with Crippen LogP contribution >= 0.6 is 9.24 Å². The molecule has 0 spiro atoms. The SMILES string of the molecule is CC(C)CC(N)[C@H](C)P. The van der Waals surface area contributed by atoms with Crippen molar-refractivity contribution in [3.05, 3.63) is 0 Å². The lowest BCUT2D eigenvalue weighted by Crippen LogP contribution is -2.29. The van der Waals surface area contributed by atoms with Crippen LogP contribution in [0.4, 0.5) is 0 Å². The van der Waals surface area contributed by atoms with Gasteiger partial charge < -0.3 is 5.73 Å². The summed E-state index contributed by atoms with van der Waals surface area (Å²) in [5.74, 6) is 0.725. The van der Waals surface area contributed by atoms with Gasteiger partial charge in [0.25, 0.3) is 0 Å². The van der Waals surface area contributed by atoms with Crippen LogP contribution in [0.15, 0.2) is 0 Å². The van der Waals surface area contributed by atoms with Gasteiger partial charge in [-0.1, -0.05) is 20.8 Å². The first-order valence-electron chi connectivity index (χ1n) is 3.55. The third-order valence-electron chi connectivity index (χ3n) is 1.42. The van der Waals surface area contributed by atoms with Crippen LogP contribution in [0, 0.1) is 5.92 Å². The molecule has 0 fully saturated rings. The van der Waals surface area contributed by atoms with E-state index in [0.717, 1.165) is 12.3 Å². The van der Waals surface area contributed by atoms with Gasteiger partial charge in [0.2, 0.25) is 0 Å². The Balaban J connectivity index is 3.38. The molecule has 0 heterocycles. The van der Waals surface area contributed by atoms with Gasteiger partial charge in [0.15, 0.2) is 0 Å². The summed E-state index contributed by atoms with van der Waals surface area (Å²) in [6.45, 7) is 6.54. The minimum absolute atomic E-state index is 0.356. The van der Waals surface area contributed by atoms with Gasteiger partial charge in [-0.2, -0.15) is 0 Å². The van der Waals surface area contributed by atoms with Crippen LogP contribution in [0.3, 0.4) is 0 Å². The van der Waals surface area contributed by atoms with E-state index in [1.165, 1.54) is 0 Å². The highest BCUT2D eigenvalue weighted by atomic mass is 31.0. The van der Waals surface area contributed by atoms with E-state index in [2.05, 4.69) is 30.0 Å². The number of hydrogen-bond donors (Lipinski definition) is 1. The molecule has 0 aliphatic rings. The van der Waals surface area contributed by atoms with Crippen LogP contribution in [0.25, 0.3) is 0 Å². The van der Waals surface area contributed by atoms with Crippen LogP contribution < -0.4 is 5.73 Å².